The van der Waals surface area contributed by atoms with E-state index in [-0.39, 0.29) is 17.9 Å². The SMILES string of the molecule is C=CCNC(=O)C(=Cc1ccc(-c2ccc([N+](=O)[O-])cc2)o1)NC(=O)c1ccccc1. The number of nitro groups is 1. The lowest BCUT2D eigenvalue weighted by Gasteiger charge is -2.09. The van der Waals surface area contributed by atoms with Gasteiger partial charge in [-0.2, -0.15) is 0 Å². The van der Waals surface area contributed by atoms with E-state index < -0.39 is 16.7 Å². The predicted octanol–water partition coefficient (Wildman–Crippen LogP) is 3.93. The Morgan fingerprint density at radius 2 is 1.74 bits per heavy atom. The summed E-state index contributed by atoms with van der Waals surface area (Å²) >= 11 is 0. The molecule has 0 aliphatic heterocycles. The van der Waals surface area contributed by atoms with Gasteiger partial charge in [-0.3, -0.25) is 19.7 Å². The van der Waals surface area contributed by atoms with E-state index in [1.54, 1.807) is 54.6 Å². The number of amides is 2. The van der Waals surface area contributed by atoms with Crippen molar-refractivity contribution in [3.05, 3.63) is 107 Å². The summed E-state index contributed by atoms with van der Waals surface area (Å²) in [4.78, 5) is 35.3. The average Bonchev–Trinajstić information content (AvgIpc) is 3.26. The first kappa shape index (κ1) is 21.3. The molecule has 2 amide bonds. The number of furan rings is 1. The Bertz CT molecular complexity index is 1130. The van der Waals surface area contributed by atoms with Crippen molar-refractivity contribution in [3.63, 3.8) is 0 Å². The van der Waals surface area contributed by atoms with Gasteiger partial charge in [-0.25, -0.2) is 0 Å². The molecule has 2 aromatic carbocycles. The van der Waals surface area contributed by atoms with Crippen LogP contribution in [0.3, 0.4) is 0 Å². The highest BCUT2D eigenvalue weighted by molar-refractivity contribution is 6.05. The van der Waals surface area contributed by atoms with Crippen molar-refractivity contribution in [2.75, 3.05) is 6.54 Å². The van der Waals surface area contributed by atoms with Crippen LogP contribution in [0.1, 0.15) is 16.1 Å². The first-order valence-electron chi connectivity index (χ1n) is 9.30. The van der Waals surface area contributed by atoms with Crippen LogP contribution in [0.4, 0.5) is 5.69 Å². The third-order valence-electron chi connectivity index (χ3n) is 4.21. The van der Waals surface area contributed by atoms with Gasteiger partial charge in [0, 0.05) is 35.9 Å². The van der Waals surface area contributed by atoms with Gasteiger partial charge in [-0.15, -0.1) is 6.58 Å². The summed E-state index contributed by atoms with van der Waals surface area (Å²) in [7, 11) is 0. The molecular formula is C23H19N3O5. The van der Waals surface area contributed by atoms with Gasteiger partial charge in [0.25, 0.3) is 17.5 Å². The highest BCUT2D eigenvalue weighted by Gasteiger charge is 2.15. The van der Waals surface area contributed by atoms with Crippen molar-refractivity contribution in [3.8, 4) is 11.3 Å². The largest absolute Gasteiger partial charge is 0.457 e. The zero-order valence-electron chi connectivity index (χ0n) is 16.4. The quantitative estimate of drug-likeness (QED) is 0.249. The van der Waals surface area contributed by atoms with Crippen LogP contribution in [0.5, 0.6) is 0 Å². The molecule has 1 heterocycles. The lowest BCUT2D eigenvalue weighted by atomic mass is 10.1. The van der Waals surface area contributed by atoms with Crippen molar-refractivity contribution in [1.29, 1.82) is 0 Å². The minimum atomic E-state index is -0.502. The molecule has 0 atom stereocenters. The van der Waals surface area contributed by atoms with E-state index in [1.165, 1.54) is 24.3 Å². The van der Waals surface area contributed by atoms with Gasteiger partial charge in [0.1, 0.15) is 17.2 Å². The summed E-state index contributed by atoms with van der Waals surface area (Å²) in [5.41, 5.74) is 1.01. The minimum absolute atomic E-state index is 0.000280. The van der Waals surface area contributed by atoms with Crippen LogP contribution in [0.25, 0.3) is 17.4 Å². The Kier molecular flexibility index (Phi) is 6.74. The first-order valence-corrected chi connectivity index (χ1v) is 9.30. The Hall–Kier alpha value is -4.46. The normalized spacial score (nSPS) is 10.9. The number of non-ortho nitro benzene ring substituents is 1. The van der Waals surface area contributed by atoms with Crippen LogP contribution in [-0.4, -0.2) is 23.3 Å². The molecule has 3 rings (SSSR count). The zero-order chi connectivity index (χ0) is 22.2. The molecule has 1 aromatic heterocycles. The molecule has 156 valence electrons. The van der Waals surface area contributed by atoms with Crippen LogP contribution in [-0.2, 0) is 4.79 Å². The number of hydrogen-bond donors (Lipinski definition) is 2. The third kappa shape index (κ3) is 5.54. The van der Waals surface area contributed by atoms with Crippen molar-refractivity contribution < 1.29 is 18.9 Å². The second-order valence-corrected chi connectivity index (χ2v) is 6.38. The van der Waals surface area contributed by atoms with Gasteiger partial charge in [0.05, 0.1) is 4.92 Å². The Balaban J connectivity index is 1.85. The lowest BCUT2D eigenvalue weighted by molar-refractivity contribution is -0.384. The van der Waals surface area contributed by atoms with Crippen LogP contribution >= 0.6 is 0 Å². The van der Waals surface area contributed by atoms with E-state index in [9.17, 15) is 19.7 Å². The molecule has 0 unspecified atom stereocenters. The van der Waals surface area contributed by atoms with Gasteiger partial charge < -0.3 is 15.1 Å². The van der Waals surface area contributed by atoms with Gasteiger partial charge in [0.15, 0.2) is 0 Å². The zero-order valence-corrected chi connectivity index (χ0v) is 16.4. The summed E-state index contributed by atoms with van der Waals surface area (Å²) in [6, 6.07) is 17.7. The number of nitro benzene ring substituents is 1. The Morgan fingerprint density at radius 1 is 1.03 bits per heavy atom. The summed E-state index contributed by atoms with van der Waals surface area (Å²) in [5.74, 6) is -0.160. The van der Waals surface area contributed by atoms with Crippen molar-refractivity contribution in [1.82, 2.24) is 10.6 Å². The molecule has 0 aliphatic rings. The Morgan fingerprint density at radius 3 is 2.39 bits per heavy atom. The number of hydrogen-bond acceptors (Lipinski definition) is 5. The number of benzene rings is 2. The number of nitrogens with zero attached hydrogens (tertiary/aromatic N) is 1. The third-order valence-corrected chi connectivity index (χ3v) is 4.21. The summed E-state index contributed by atoms with van der Waals surface area (Å²) in [6.45, 7) is 3.78. The molecule has 0 radical (unpaired) electrons. The van der Waals surface area contributed by atoms with Gasteiger partial charge in [-0.1, -0.05) is 24.3 Å². The fraction of sp³-hybridized carbons (Fsp3) is 0.0435. The predicted molar refractivity (Wildman–Crippen MR) is 116 cm³/mol. The number of nitrogens with one attached hydrogen (secondary N) is 2. The minimum Gasteiger partial charge on any atom is -0.457 e. The summed E-state index contributed by atoms with van der Waals surface area (Å²) in [6.07, 6.45) is 2.93. The van der Waals surface area contributed by atoms with E-state index in [4.69, 9.17) is 4.42 Å². The smallest absolute Gasteiger partial charge is 0.269 e. The summed E-state index contributed by atoms with van der Waals surface area (Å²) < 4.78 is 5.74. The Labute approximate surface area is 178 Å². The molecule has 3 aromatic rings. The van der Waals surface area contributed by atoms with E-state index in [0.29, 0.717) is 22.6 Å². The molecule has 8 heteroatoms. The maximum absolute atomic E-state index is 12.5. The standard InChI is InChI=1S/C23H19N3O5/c1-2-14-24-23(28)20(25-22(27)17-6-4-3-5-7-17)15-19-12-13-21(31-19)16-8-10-18(11-9-16)26(29)30/h2-13,15H,1,14H2,(H,24,28)(H,25,27). The molecule has 0 saturated heterocycles. The maximum atomic E-state index is 12.5. The van der Waals surface area contributed by atoms with Gasteiger partial charge in [-0.05, 0) is 36.4 Å². The second kappa shape index (κ2) is 9.84. The highest BCUT2D eigenvalue weighted by Crippen LogP contribution is 2.25. The number of carbonyl (C=O) groups is 2. The summed E-state index contributed by atoms with van der Waals surface area (Å²) in [5, 5.41) is 16.0. The molecule has 8 nitrogen and oxygen atoms in total. The molecule has 0 bridgehead atoms. The van der Waals surface area contributed by atoms with Crippen molar-refractivity contribution in [2.24, 2.45) is 0 Å². The van der Waals surface area contributed by atoms with Crippen LogP contribution < -0.4 is 10.6 Å². The molecule has 31 heavy (non-hydrogen) atoms. The maximum Gasteiger partial charge on any atom is 0.269 e. The topological polar surface area (TPSA) is 114 Å². The van der Waals surface area contributed by atoms with Gasteiger partial charge in [0.2, 0.25) is 0 Å². The number of carbonyl (C=O) groups excluding carboxylic acids is 2. The van der Waals surface area contributed by atoms with Crippen molar-refractivity contribution >= 4 is 23.6 Å². The van der Waals surface area contributed by atoms with E-state index >= 15 is 0 Å². The van der Waals surface area contributed by atoms with E-state index in [1.807, 2.05) is 0 Å². The van der Waals surface area contributed by atoms with Crippen molar-refractivity contribution in [2.45, 2.75) is 0 Å². The molecule has 0 saturated carbocycles. The first-order chi connectivity index (χ1) is 15.0. The average molecular weight is 417 g/mol. The molecule has 0 aliphatic carbocycles. The van der Waals surface area contributed by atoms with E-state index in [0.717, 1.165) is 0 Å². The van der Waals surface area contributed by atoms with Crippen LogP contribution in [0.15, 0.2) is 89.5 Å². The van der Waals surface area contributed by atoms with Crippen LogP contribution in [0.2, 0.25) is 0 Å². The molecule has 2 N–H and O–H groups in total. The fourth-order valence-electron chi connectivity index (χ4n) is 2.68. The van der Waals surface area contributed by atoms with E-state index in [2.05, 4.69) is 17.2 Å². The monoisotopic (exact) mass is 417 g/mol. The molecule has 0 fully saturated rings. The van der Waals surface area contributed by atoms with Crippen LogP contribution in [0, 0.1) is 10.1 Å². The fourth-order valence-corrected chi connectivity index (χ4v) is 2.68. The van der Waals surface area contributed by atoms with Gasteiger partial charge >= 0.3 is 0 Å². The highest BCUT2D eigenvalue weighted by atomic mass is 16.6. The molecule has 0 spiro atoms. The second-order valence-electron chi connectivity index (χ2n) is 6.38. The lowest BCUT2D eigenvalue weighted by Crippen LogP contribution is -2.34. The molecular weight excluding hydrogens is 398 g/mol. The number of rotatable bonds is 8.